The van der Waals surface area contributed by atoms with Crippen LogP contribution in [0.3, 0.4) is 0 Å². The van der Waals surface area contributed by atoms with Gasteiger partial charge in [0.15, 0.2) is 0 Å². The fraction of sp³-hybridized carbons (Fsp3) is 0.190. The van der Waals surface area contributed by atoms with Gasteiger partial charge in [-0.15, -0.1) is 0 Å². The van der Waals surface area contributed by atoms with Crippen LogP contribution in [-0.4, -0.2) is 22.8 Å². The monoisotopic (exact) mass is 360 g/mol. The van der Waals surface area contributed by atoms with Gasteiger partial charge in [0.25, 0.3) is 0 Å². The molecule has 0 aliphatic rings. The second-order valence-electron chi connectivity index (χ2n) is 6.29. The fourth-order valence-corrected chi connectivity index (χ4v) is 3.16. The molecule has 3 aromatic rings. The molecule has 136 valence electrons. The quantitative estimate of drug-likeness (QED) is 0.756. The summed E-state index contributed by atoms with van der Waals surface area (Å²) in [6.45, 7) is 4.55. The zero-order valence-electron chi connectivity index (χ0n) is 15.5. The van der Waals surface area contributed by atoms with Crippen molar-refractivity contribution in [2.75, 3.05) is 7.11 Å². The number of benzene rings is 2. The molecule has 1 heterocycles. The number of nitrogens with zero attached hydrogens (tertiary/aromatic N) is 3. The molecule has 3 rings (SSSR count). The summed E-state index contributed by atoms with van der Waals surface area (Å²) in [5.41, 5.74) is 11.2. The number of aromatic nitrogens is 2. The first-order valence-corrected chi connectivity index (χ1v) is 8.46. The number of primary amides is 1. The Labute approximate surface area is 157 Å². The van der Waals surface area contributed by atoms with Crippen LogP contribution < -0.4 is 10.5 Å². The molecular weight excluding hydrogens is 340 g/mol. The Balaban J connectivity index is 1.95. The first-order chi connectivity index (χ1) is 12.9. The van der Waals surface area contributed by atoms with Crippen LogP contribution in [0, 0.1) is 25.2 Å². The summed E-state index contributed by atoms with van der Waals surface area (Å²) in [5, 5.41) is 13.8. The molecule has 2 N–H and O–H groups in total. The Kier molecular flexibility index (Phi) is 4.95. The Morgan fingerprint density at radius 3 is 2.52 bits per heavy atom. The topological polar surface area (TPSA) is 93.9 Å². The van der Waals surface area contributed by atoms with E-state index in [1.165, 1.54) is 0 Å². The van der Waals surface area contributed by atoms with Gasteiger partial charge in [0.05, 0.1) is 24.9 Å². The van der Waals surface area contributed by atoms with E-state index in [1.54, 1.807) is 25.3 Å². The standard InChI is InChI=1S/C21H20N4O2/c1-13-20(17-8-9-18(11-22)19(10-17)27-3)14(2)25(24-13)12-15-4-6-16(7-5-15)21(23)26/h4-10H,12H2,1-3H3,(H2,23,26). The number of aryl methyl sites for hydroxylation is 1. The predicted octanol–water partition coefficient (Wildman–Crippen LogP) is 3.19. The molecule has 0 radical (unpaired) electrons. The van der Waals surface area contributed by atoms with Gasteiger partial charge in [0.2, 0.25) is 5.91 Å². The average Bonchev–Trinajstić information content (AvgIpc) is 2.94. The summed E-state index contributed by atoms with van der Waals surface area (Å²) in [6, 6.07) is 14.8. The van der Waals surface area contributed by atoms with Crippen molar-refractivity contribution in [1.29, 1.82) is 5.26 Å². The number of rotatable bonds is 5. The maximum absolute atomic E-state index is 11.2. The van der Waals surface area contributed by atoms with Crippen LogP contribution in [0.1, 0.15) is 32.9 Å². The van der Waals surface area contributed by atoms with E-state index in [0.29, 0.717) is 23.4 Å². The molecule has 0 aliphatic heterocycles. The second-order valence-corrected chi connectivity index (χ2v) is 6.29. The number of nitrogens with two attached hydrogens (primary N) is 1. The van der Waals surface area contributed by atoms with Crippen molar-refractivity contribution in [3.63, 3.8) is 0 Å². The summed E-state index contributed by atoms with van der Waals surface area (Å²) >= 11 is 0. The zero-order chi connectivity index (χ0) is 19.6. The van der Waals surface area contributed by atoms with Crippen molar-refractivity contribution >= 4 is 5.91 Å². The van der Waals surface area contributed by atoms with E-state index in [9.17, 15) is 4.79 Å². The molecule has 1 aromatic heterocycles. The van der Waals surface area contributed by atoms with Crippen molar-refractivity contribution < 1.29 is 9.53 Å². The Bertz CT molecular complexity index is 1040. The molecule has 0 bridgehead atoms. The third kappa shape index (κ3) is 3.53. The lowest BCUT2D eigenvalue weighted by Crippen LogP contribution is -2.11. The van der Waals surface area contributed by atoms with Gasteiger partial charge < -0.3 is 10.5 Å². The highest BCUT2D eigenvalue weighted by molar-refractivity contribution is 5.92. The van der Waals surface area contributed by atoms with Gasteiger partial charge in [-0.3, -0.25) is 9.48 Å². The molecule has 0 saturated carbocycles. The maximum Gasteiger partial charge on any atom is 0.248 e. The van der Waals surface area contributed by atoms with Crippen molar-refractivity contribution in [2.45, 2.75) is 20.4 Å². The lowest BCUT2D eigenvalue weighted by atomic mass is 10.0. The first kappa shape index (κ1) is 18.2. The van der Waals surface area contributed by atoms with E-state index < -0.39 is 5.91 Å². The van der Waals surface area contributed by atoms with Gasteiger partial charge in [-0.25, -0.2) is 0 Å². The molecule has 2 aromatic carbocycles. The molecule has 1 amide bonds. The fourth-order valence-electron chi connectivity index (χ4n) is 3.16. The second kappa shape index (κ2) is 7.34. The lowest BCUT2D eigenvalue weighted by Gasteiger charge is -2.08. The smallest absolute Gasteiger partial charge is 0.248 e. The Morgan fingerprint density at radius 2 is 1.93 bits per heavy atom. The molecule has 0 aliphatic carbocycles. The Morgan fingerprint density at radius 1 is 1.22 bits per heavy atom. The molecule has 6 heteroatoms. The van der Waals surface area contributed by atoms with Crippen molar-refractivity contribution in [2.24, 2.45) is 5.73 Å². The van der Waals surface area contributed by atoms with Crippen molar-refractivity contribution in [3.8, 4) is 22.9 Å². The van der Waals surface area contributed by atoms with E-state index >= 15 is 0 Å². The maximum atomic E-state index is 11.2. The summed E-state index contributed by atoms with van der Waals surface area (Å²) in [5.74, 6) is 0.105. The van der Waals surface area contributed by atoms with Crippen LogP contribution in [0.4, 0.5) is 0 Å². The van der Waals surface area contributed by atoms with Gasteiger partial charge in [-0.05, 0) is 49.2 Å². The highest BCUT2D eigenvalue weighted by atomic mass is 16.5. The van der Waals surface area contributed by atoms with Crippen molar-refractivity contribution in [1.82, 2.24) is 9.78 Å². The summed E-state index contributed by atoms with van der Waals surface area (Å²) in [6.07, 6.45) is 0. The highest BCUT2D eigenvalue weighted by Gasteiger charge is 2.15. The van der Waals surface area contributed by atoms with Crippen LogP contribution in [0.25, 0.3) is 11.1 Å². The number of ether oxygens (including phenoxy) is 1. The van der Waals surface area contributed by atoms with Gasteiger partial charge in [0, 0.05) is 16.8 Å². The van der Waals surface area contributed by atoms with E-state index in [-0.39, 0.29) is 0 Å². The van der Waals surface area contributed by atoms with Gasteiger partial charge in [-0.1, -0.05) is 18.2 Å². The minimum atomic E-state index is -0.440. The van der Waals surface area contributed by atoms with E-state index in [1.807, 2.05) is 42.8 Å². The molecular formula is C21H20N4O2. The summed E-state index contributed by atoms with van der Waals surface area (Å²) < 4.78 is 7.25. The normalized spacial score (nSPS) is 10.4. The van der Waals surface area contributed by atoms with Crippen LogP contribution in [0.5, 0.6) is 5.75 Å². The third-order valence-corrected chi connectivity index (χ3v) is 4.56. The number of hydrogen-bond acceptors (Lipinski definition) is 4. The SMILES string of the molecule is COc1cc(-c2c(C)nn(Cc3ccc(C(N)=O)cc3)c2C)ccc1C#N. The zero-order valence-corrected chi connectivity index (χ0v) is 15.5. The third-order valence-electron chi connectivity index (χ3n) is 4.56. The van der Waals surface area contributed by atoms with E-state index in [2.05, 4.69) is 11.2 Å². The number of amides is 1. The average molecular weight is 360 g/mol. The highest BCUT2D eigenvalue weighted by Crippen LogP contribution is 2.31. The molecule has 27 heavy (non-hydrogen) atoms. The molecule has 0 atom stereocenters. The van der Waals surface area contributed by atoms with Crippen LogP contribution in [-0.2, 0) is 6.54 Å². The number of carbonyl (C=O) groups excluding carboxylic acids is 1. The minimum absolute atomic E-state index is 0.440. The molecule has 0 saturated heterocycles. The molecule has 6 nitrogen and oxygen atoms in total. The van der Waals surface area contributed by atoms with E-state index in [4.69, 9.17) is 15.7 Å². The molecule has 0 fully saturated rings. The number of hydrogen-bond donors (Lipinski definition) is 1. The van der Waals surface area contributed by atoms with Crippen molar-refractivity contribution in [3.05, 3.63) is 70.5 Å². The van der Waals surface area contributed by atoms with E-state index in [0.717, 1.165) is 28.1 Å². The predicted molar refractivity (Wildman–Crippen MR) is 102 cm³/mol. The minimum Gasteiger partial charge on any atom is -0.495 e. The summed E-state index contributed by atoms with van der Waals surface area (Å²) in [4.78, 5) is 11.2. The Hall–Kier alpha value is -3.59. The van der Waals surface area contributed by atoms with Crippen LogP contribution >= 0.6 is 0 Å². The molecule has 0 unspecified atom stereocenters. The van der Waals surface area contributed by atoms with Crippen LogP contribution in [0.15, 0.2) is 42.5 Å². The van der Waals surface area contributed by atoms with Gasteiger partial charge >= 0.3 is 0 Å². The number of methoxy groups -OCH3 is 1. The number of nitriles is 1. The summed E-state index contributed by atoms with van der Waals surface area (Å²) in [7, 11) is 1.55. The van der Waals surface area contributed by atoms with Gasteiger partial charge in [0.1, 0.15) is 11.8 Å². The van der Waals surface area contributed by atoms with Crippen LogP contribution in [0.2, 0.25) is 0 Å². The molecule has 0 spiro atoms. The van der Waals surface area contributed by atoms with Gasteiger partial charge in [-0.2, -0.15) is 10.4 Å². The number of carbonyl (C=O) groups is 1. The first-order valence-electron chi connectivity index (χ1n) is 8.46. The largest absolute Gasteiger partial charge is 0.495 e. The lowest BCUT2D eigenvalue weighted by molar-refractivity contribution is 0.100.